The molecule has 0 aliphatic rings. The zero-order chi connectivity index (χ0) is 3.41. The van der Waals surface area contributed by atoms with E-state index < -0.39 is 0 Å². The smallest absolute Gasteiger partial charge is 0 e. The summed E-state index contributed by atoms with van der Waals surface area (Å²) in [5, 5.41) is 0. The molecule has 0 aromatic heterocycles. The summed E-state index contributed by atoms with van der Waals surface area (Å²) in [7, 11) is 0. The van der Waals surface area contributed by atoms with Gasteiger partial charge in [0.2, 0.25) is 0 Å². The third-order valence-corrected chi connectivity index (χ3v) is 0.167. The Morgan fingerprint density at radius 3 is 1.17 bits per heavy atom. The van der Waals surface area contributed by atoms with Crippen LogP contribution in [0.3, 0.4) is 0 Å². The van der Waals surface area contributed by atoms with Crippen molar-refractivity contribution >= 4 is 18.9 Å². The second-order valence-corrected chi connectivity index (χ2v) is 0.471. The summed E-state index contributed by atoms with van der Waals surface area (Å²) in [6.45, 7) is 6.72. The van der Waals surface area contributed by atoms with E-state index in [0.29, 0.717) is 0 Å². The predicted molar refractivity (Wildman–Crippen MR) is 27.5 cm³/mol. The minimum Gasteiger partial charge on any atom is 0 e. The van der Waals surface area contributed by atoms with Crippen LogP contribution in [0.2, 0.25) is 0 Å². The van der Waals surface area contributed by atoms with E-state index in [2.05, 4.69) is 13.2 Å². The number of hydrogen-bond donors (Lipinski definition) is 0. The van der Waals surface area contributed by atoms with E-state index in [4.69, 9.17) is 0 Å². The van der Waals surface area contributed by atoms with E-state index in [1.54, 1.807) is 12.2 Å². The van der Waals surface area contributed by atoms with E-state index >= 15 is 0 Å². The molecule has 0 saturated carbocycles. The largest absolute Gasteiger partial charge is 0 e. The Balaban J connectivity index is -0.0000000450. The Bertz CT molecular complexity index is 28.5. The zero-order valence-corrected chi connectivity index (χ0v) is 4.63. The van der Waals surface area contributed by atoms with Gasteiger partial charge in [-0.1, -0.05) is 25.3 Å². The van der Waals surface area contributed by atoms with Crippen molar-refractivity contribution < 1.29 is 21.7 Å². The Morgan fingerprint density at radius 1 is 1.00 bits per heavy atom. The van der Waals surface area contributed by atoms with Crippen LogP contribution in [-0.4, -0.2) is 18.9 Å². The van der Waals surface area contributed by atoms with Crippen molar-refractivity contribution in [1.29, 1.82) is 0 Å². The summed E-state index contributed by atoms with van der Waals surface area (Å²) in [4.78, 5) is 0. The fourth-order valence-corrected chi connectivity index (χ4v) is 0. The van der Waals surface area contributed by atoms with Crippen molar-refractivity contribution in [3.63, 3.8) is 0 Å². The third kappa shape index (κ3) is 21.5. The topological polar surface area (TPSA) is 0 Å². The van der Waals surface area contributed by atoms with Crippen LogP contribution in [0.4, 0.5) is 0 Å². The second-order valence-electron chi connectivity index (χ2n) is 0.471. The van der Waals surface area contributed by atoms with Gasteiger partial charge in [-0.25, -0.2) is 0 Å². The molecule has 28 valence electrons. The van der Waals surface area contributed by atoms with Gasteiger partial charge in [0, 0.05) is 21.7 Å². The quantitative estimate of drug-likeness (QED) is 0.344. The van der Waals surface area contributed by atoms with E-state index in [1.165, 1.54) is 0 Å². The molecule has 0 aromatic rings. The van der Waals surface area contributed by atoms with Crippen LogP contribution in [-0.2, 0) is 21.7 Å². The van der Waals surface area contributed by atoms with Crippen molar-refractivity contribution in [1.82, 2.24) is 0 Å². The minimum absolute atomic E-state index is 0. The van der Waals surface area contributed by atoms with Gasteiger partial charge in [0.15, 0.2) is 0 Å². The van der Waals surface area contributed by atoms with E-state index in [-0.39, 0.29) is 40.6 Å². The molecule has 0 spiro atoms. The normalized spacial score (nSPS) is 3.33. The molecule has 0 amide bonds. The molecule has 0 rings (SSSR count). The van der Waals surface area contributed by atoms with Crippen molar-refractivity contribution in [2.45, 2.75) is 0 Å². The van der Waals surface area contributed by atoms with Crippen molar-refractivity contribution in [2.24, 2.45) is 0 Å². The first-order valence-corrected chi connectivity index (χ1v) is 1.15. The first-order valence-electron chi connectivity index (χ1n) is 1.15. The summed E-state index contributed by atoms with van der Waals surface area (Å²) in [6, 6.07) is 0. The molecule has 0 radical (unpaired) electrons. The van der Waals surface area contributed by atoms with Crippen LogP contribution in [0.1, 0.15) is 0 Å². The van der Waals surface area contributed by atoms with E-state index in [9.17, 15) is 0 Å². The van der Waals surface area contributed by atoms with Gasteiger partial charge < -0.3 is 0 Å². The van der Waals surface area contributed by atoms with Gasteiger partial charge >= 0.3 is 18.9 Å². The van der Waals surface area contributed by atoms with Gasteiger partial charge in [0.25, 0.3) is 0 Å². The Labute approximate surface area is 65.8 Å². The maximum atomic E-state index is 3.36. The molecule has 6 heavy (non-hydrogen) atoms. The average molecular weight is 110 g/mol. The first kappa shape index (κ1) is 15.8. The minimum atomic E-state index is 0. The van der Waals surface area contributed by atoms with E-state index in [1.807, 2.05) is 0 Å². The molecule has 0 aromatic carbocycles. The second kappa shape index (κ2) is 17.1. The zero-order valence-electron chi connectivity index (χ0n) is 3.07. The predicted octanol–water partition coefficient (Wildman–Crippen LogP) is 0.707. The maximum absolute atomic E-state index is 3.36. The Hall–Kier alpha value is 0.792. The molecule has 0 unspecified atom stereocenters. The van der Waals surface area contributed by atoms with Gasteiger partial charge in [-0.3, -0.25) is 0 Å². The fourth-order valence-electron chi connectivity index (χ4n) is 0. The van der Waals surface area contributed by atoms with Gasteiger partial charge in [-0.2, -0.15) is 0 Å². The fraction of sp³-hybridized carbons (Fsp3) is 0. The number of allylic oxidation sites excluding steroid dienone is 2. The summed E-state index contributed by atoms with van der Waals surface area (Å²) in [6.07, 6.45) is 3.28. The molecule has 0 aliphatic carbocycles. The third-order valence-electron chi connectivity index (χ3n) is 0.167. The van der Waals surface area contributed by atoms with E-state index in [0.717, 1.165) is 0 Å². The van der Waals surface area contributed by atoms with Crippen LogP contribution in [0.5, 0.6) is 0 Å². The van der Waals surface area contributed by atoms with Crippen LogP contribution in [0.25, 0.3) is 0 Å². The summed E-state index contributed by atoms with van der Waals surface area (Å²) in [5.74, 6) is 0. The molecule has 0 nitrogen and oxygen atoms in total. The molecule has 0 aliphatic heterocycles. The summed E-state index contributed by atoms with van der Waals surface area (Å²) in [5.41, 5.74) is 0. The first-order chi connectivity index (χ1) is 1.91. The van der Waals surface area contributed by atoms with Crippen molar-refractivity contribution in [3.05, 3.63) is 25.3 Å². The maximum Gasteiger partial charge on any atom is 0 e. The standard InChI is InChI=1S/C4H6.Li.Ti.H/c1-3-4-2;;;/h3-4H,1-2H2;;;. The number of rotatable bonds is 1. The molecular weight excluding hydrogens is 103 g/mol. The average Bonchev–Trinajstić information content (AvgIpc) is 1.37. The van der Waals surface area contributed by atoms with Gasteiger partial charge in [0.05, 0.1) is 0 Å². The molecule has 0 bridgehead atoms. The Kier molecular flexibility index (Phi) is 45.1. The van der Waals surface area contributed by atoms with Crippen LogP contribution in [0, 0.1) is 0 Å². The molecule has 0 fully saturated rings. The van der Waals surface area contributed by atoms with Crippen LogP contribution in [0.15, 0.2) is 25.3 Å². The summed E-state index contributed by atoms with van der Waals surface area (Å²) >= 11 is 0. The van der Waals surface area contributed by atoms with Crippen LogP contribution < -0.4 is 0 Å². The van der Waals surface area contributed by atoms with Gasteiger partial charge in [-0.05, 0) is 0 Å². The van der Waals surface area contributed by atoms with Crippen molar-refractivity contribution in [2.75, 3.05) is 0 Å². The Morgan fingerprint density at radius 2 is 1.17 bits per heavy atom. The molecule has 2 heteroatoms. The molecular formula is C4H7LiTi. The SMILES string of the molecule is C=CC=C.[LiH].[Ti]. The van der Waals surface area contributed by atoms with Gasteiger partial charge in [0.1, 0.15) is 0 Å². The summed E-state index contributed by atoms with van der Waals surface area (Å²) < 4.78 is 0. The molecule has 0 saturated heterocycles. The van der Waals surface area contributed by atoms with Gasteiger partial charge in [-0.15, -0.1) is 0 Å². The van der Waals surface area contributed by atoms with Crippen molar-refractivity contribution in [3.8, 4) is 0 Å². The molecule has 0 heterocycles. The molecule has 0 atom stereocenters. The number of hydrogen-bond acceptors (Lipinski definition) is 0. The van der Waals surface area contributed by atoms with Crippen LogP contribution >= 0.6 is 0 Å². The molecule has 0 N–H and O–H groups in total. The monoisotopic (exact) mass is 110 g/mol.